The maximum atomic E-state index is 12.6. The molecule has 0 aliphatic rings. The summed E-state index contributed by atoms with van der Waals surface area (Å²) in [5, 5.41) is 5.65. The summed E-state index contributed by atoms with van der Waals surface area (Å²) < 4.78 is 9.69. The molecule has 0 unspecified atom stereocenters. The summed E-state index contributed by atoms with van der Waals surface area (Å²) in [7, 11) is 0. The van der Waals surface area contributed by atoms with Gasteiger partial charge in [-0.2, -0.15) is 0 Å². The molecule has 158 valence electrons. The molecule has 0 bridgehead atoms. The molecule has 8 nitrogen and oxygen atoms in total. The van der Waals surface area contributed by atoms with Crippen molar-refractivity contribution in [2.45, 2.75) is 13.5 Å². The zero-order valence-corrected chi connectivity index (χ0v) is 16.8. The van der Waals surface area contributed by atoms with Gasteiger partial charge in [-0.3, -0.25) is 14.6 Å². The summed E-state index contributed by atoms with van der Waals surface area (Å²) in [6, 6.07) is 16.6. The molecule has 0 aliphatic heterocycles. The zero-order chi connectivity index (χ0) is 22.1. The Balaban J connectivity index is 1.63. The normalized spacial score (nSPS) is 10.1. The molecule has 0 saturated carbocycles. The third-order valence-electron chi connectivity index (χ3n) is 4.21. The van der Waals surface area contributed by atoms with Crippen molar-refractivity contribution in [2.24, 2.45) is 0 Å². The fraction of sp³-hybridized carbons (Fsp3) is 0.130. The molecule has 3 rings (SSSR count). The van der Waals surface area contributed by atoms with Crippen LogP contribution >= 0.6 is 0 Å². The van der Waals surface area contributed by atoms with Gasteiger partial charge in [0.15, 0.2) is 0 Å². The summed E-state index contributed by atoms with van der Waals surface area (Å²) in [5.41, 5.74) is 2.15. The molecule has 3 aromatic rings. The molecule has 0 aliphatic carbocycles. The van der Waals surface area contributed by atoms with Crippen LogP contribution in [0.25, 0.3) is 0 Å². The van der Waals surface area contributed by atoms with E-state index < -0.39 is 6.16 Å². The summed E-state index contributed by atoms with van der Waals surface area (Å²) in [6.45, 7) is 2.12. The SMILES string of the molecule is CCOC(=O)Oc1ccc(C(=O)Nc2ccccc2CNC(=O)c2cccnc2)cc1. The lowest BCUT2D eigenvalue weighted by atomic mass is 10.1. The van der Waals surface area contributed by atoms with Gasteiger partial charge in [0.1, 0.15) is 5.75 Å². The van der Waals surface area contributed by atoms with Crippen LogP contribution in [0.4, 0.5) is 10.5 Å². The molecule has 1 heterocycles. The van der Waals surface area contributed by atoms with E-state index in [2.05, 4.69) is 15.6 Å². The first-order chi connectivity index (χ1) is 15.1. The van der Waals surface area contributed by atoms with Crippen LogP contribution in [0.1, 0.15) is 33.2 Å². The number of aromatic nitrogens is 1. The molecule has 0 atom stereocenters. The number of pyridine rings is 1. The van der Waals surface area contributed by atoms with Crippen molar-refractivity contribution >= 4 is 23.7 Å². The highest BCUT2D eigenvalue weighted by Crippen LogP contribution is 2.18. The van der Waals surface area contributed by atoms with E-state index >= 15 is 0 Å². The average Bonchev–Trinajstić information content (AvgIpc) is 2.79. The second-order valence-electron chi connectivity index (χ2n) is 6.35. The van der Waals surface area contributed by atoms with Gasteiger partial charge in [0, 0.05) is 30.2 Å². The van der Waals surface area contributed by atoms with Crippen LogP contribution < -0.4 is 15.4 Å². The number of carbonyl (C=O) groups is 3. The Hall–Kier alpha value is -4.20. The van der Waals surface area contributed by atoms with Crippen LogP contribution in [0, 0.1) is 0 Å². The fourth-order valence-corrected chi connectivity index (χ4v) is 2.68. The Morgan fingerprint density at radius 3 is 2.39 bits per heavy atom. The Morgan fingerprint density at radius 2 is 1.68 bits per heavy atom. The van der Waals surface area contributed by atoms with Crippen molar-refractivity contribution in [1.82, 2.24) is 10.3 Å². The molecule has 2 N–H and O–H groups in total. The molecule has 0 spiro atoms. The predicted molar refractivity (Wildman–Crippen MR) is 114 cm³/mol. The number of rotatable bonds is 7. The number of nitrogens with one attached hydrogen (secondary N) is 2. The summed E-state index contributed by atoms with van der Waals surface area (Å²) in [4.78, 5) is 40.1. The Morgan fingerprint density at radius 1 is 0.903 bits per heavy atom. The van der Waals surface area contributed by atoms with Gasteiger partial charge in [0.05, 0.1) is 12.2 Å². The monoisotopic (exact) mass is 419 g/mol. The Kier molecular flexibility index (Phi) is 7.31. The van der Waals surface area contributed by atoms with Crippen molar-refractivity contribution in [3.63, 3.8) is 0 Å². The minimum absolute atomic E-state index is 0.210. The summed E-state index contributed by atoms with van der Waals surface area (Å²) in [5.74, 6) is -0.325. The summed E-state index contributed by atoms with van der Waals surface area (Å²) >= 11 is 0. The molecule has 2 amide bonds. The molecule has 0 saturated heterocycles. The van der Waals surface area contributed by atoms with Crippen LogP contribution in [-0.4, -0.2) is 29.6 Å². The van der Waals surface area contributed by atoms with Gasteiger partial charge >= 0.3 is 6.16 Å². The van der Waals surface area contributed by atoms with E-state index in [4.69, 9.17) is 9.47 Å². The van der Waals surface area contributed by atoms with Crippen molar-refractivity contribution in [1.29, 1.82) is 0 Å². The number of hydrogen-bond donors (Lipinski definition) is 2. The summed E-state index contributed by atoms with van der Waals surface area (Å²) in [6.07, 6.45) is 2.28. The molecule has 0 radical (unpaired) electrons. The third-order valence-corrected chi connectivity index (χ3v) is 4.21. The maximum Gasteiger partial charge on any atom is 0.513 e. The highest BCUT2D eigenvalue weighted by atomic mass is 16.7. The number of amides is 2. The standard InChI is InChI=1S/C23H21N3O5/c1-2-30-23(29)31-19-11-9-16(10-12-19)22(28)26-20-8-4-3-6-17(20)15-25-21(27)18-7-5-13-24-14-18/h3-14H,2,15H2,1H3,(H,25,27)(H,26,28). The van der Waals surface area contributed by atoms with Crippen LogP contribution in [0.5, 0.6) is 5.75 Å². The van der Waals surface area contributed by atoms with Crippen molar-refractivity contribution in [2.75, 3.05) is 11.9 Å². The Bertz CT molecular complexity index is 1050. The number of nitrogens with zero attached hydrogens (tertiary/aromatic N) is 1. The lowest BCUT2D eigenvalue weighted by molar-refractivity contribution is 0.0949. The van der Waals surface area contributed by atoms with E-state index in [1.807, 2.05) is 12.1 Å². The second kappa shape index (κ2) is 10.5. The molecule has 31 heavy (non-hydrogen) atoms. The number of anilines is 1. The topological polar surface area (TPSA) is 107 Å². The lowest BCUT2D eigenvalue weighted by Crippen LogP contribution is -2.24. The molecule has 2 aromatic carbocycles. The Labute approximate surface area is 179 Å². The van der Waals surface area contributed by atoms with Gasteiger partial charge in [-0.25, -0.2) is 4.79 Å². The predicted octanol–water partition coefficient (Wildman–Crippen LogP) is 3.80. The van der Waals surface area contributed by atoms with Gasteiger partial charge in [0.25, 0.3) is 11.8 Å². The van der Waals surface area contributed by atoms with Crippen LogP contribution in [0.2, 0.25) is 0 Å². The van der Waals surface area contributed by atoms with E-state index in [1.54, 1.807) is 37.4 Å². The zero-order valence-electron chi connectivity index (χ0n) is 16.8. The van der Waals surface area contributed by atoms with Crippen LogP contribution in [-0.2, 0) is 11.3 Å². The molecule has 0 fully saturated rings. The first kappa shape index (κ1) is 21.5. The van der Waals surface area contributed by atoms with Gasteiger partial charge in [-0.05, 0) is 55.0 Å². The first-order valence-corrected chi connectivity index (χ1v) is 9.59. The smallest absolute Gasteiger partial charge is 0.434 e. The highest BCUT2D eigenvalue weighted by molar-refractivity contribution is 6.04. The molecular weight excluding hydrogens is 398 g/mol. The second-order valence-corrected chi connectivity index (χ2v) is 6.35. The third kappa shape index (κ3) is 6.14. The van der Waals surface area contributed by atoms with E-state index in [0.29, 0.717) is 16.8 Å². The van der Waals surface area contributed by atoms with E-state index in [1.165, 1.54) is 30.5 Å². The van der Waals surface area contributed by atoms with Gasteiger partial charge in [-0.15, -0.1) is 0 Å². The largest absolute Gasteiger partial charge is 0.513 e. The number of benzene rings is 2. The fourth-order valence-electron chi connectivity index (χ4n) is 2.68. The molecule has 8 heteroatoms. The molecule has 1 aromatic heterocycles. The van der Waals surface area contributed by atoms with Crippen LogP contribution in [0.3, 0.4) is 0 Å². The van der Waals surface area contributed by atoms with Crippen molar-refractivity contribution < 1.29 is 23.9 Å². The number of para-hydroxylation sites is 1. The number of carbonyl (C=O) groups excluding carboxylic acids is 3. The number of hydrogen-bond acceptors (Lipinski definition) is 6. The first-order valence-electron chi connectivity index (χ1n) is 9.59. The lowest BCUT2D eigenvalue weighted by Gasteiger charge is -2.12. The van der Waals surface area contributed by atoms with Gasteiger partial charge < -0.3 is 20.1 Å². The average molecular weight is 419 g/mol. The maximum absolute atomic E-state index is 12.6. The van der Waals surface area contributed by atoms with E-state index in [0.717, 1.165) is 5.56 Å². The van der Waals surface area contributed by atoms with Crippen LogP contribution in [0.15, 0.2) is 73.1 Å². The molecular formula is C23H21N3O5. The highest BCUT2D eigenvalue weighted by Gasteiger charge is 2.12. The van der Waals surface area contributed by atoms with Gasteiger partial charge in [-0.1, -0.05) is 18.2 Å². The van der Waals surface area contributed by atoms with E-state index in [-0.39, 0.29) is 30.7 Å². The van der Waals surface area contributed by atoms with E-state index in [9.17, 15) is 14.4 Å². The van der Waals surface area contributed by atoms with Crippen molar-refractivity contribution in [3.8, 4) is 5.75 Å². The van der Waals surface area contributed by atoms with Gasteiger partial charge in [0.2, 0.25) is 0 Å². The number of ether oxygens (including phenoxy) is 2. The minimum atomic E-state index is -0.804. The minimum Gasteiger partial charge on any atom is -0.434 e. The quantitative estimate of drug-likeness (QED) is 0.446. The van der Waals surface area contributed by atoms with Crippen molar-refractivity contribution in [3.05, 3.63) is 89.7 Å².